The lowest BCUT2D eigenvalue weighted by molar-refractivity contribution is -0.139. The van der Waals surface area contributed by atoms with E-state index in [1.807, 2.05) is 0 Å². The molecule has 0 saturated carbocycles. The largest absolute Gasteiger partial charge is 0.482 e. The molecule has 6 nitrogen and oxygen atoms in total. The van der Waals surface area contributed by atoms with Gasteiger partial charge in [0.05, 0.1) is 21.8 Å². The molecular weight excluding hydrogens is 361 g/mol. The molecule has 2 aromatic rings. The van der Waals surface area contributed by atoms with Gasteiger partial charge in [0, 0.05) is 0 Å². The van der Waals surface area contributed by atoms with Crippen LogP contribution in [-0.4, -0.2) is 20.9 Å². The number of amides is 1. The van der Waals surface area contributed by atoms with Crippen molar-refractivity contribution in [3.63, 3.8) is 0 Å². The zero-order valence-electron chi connectivity index (χ0n) is 12.4. The van der Waals surface area contributed by atoms with Crippen LogP contribution in [0.1, 0.15) is 5.56 Å². The summed E-state index contributed by atoms with van der Waals surface area (Å²) in [6.45, 7) is -0.170. The second-order valence-corrected chi connectivity index (χ2v) is 6.80. The van der Waals surface area contributed by atoms with Gasteiger partial charge in [-0.3, -0.25) is 9.52 Å². The van der Waals surface area contributed by atoms with E-state index in [4.69, 9.17) is 4.74 Å². The van der Waals surface area contributed by atoms with Crippen LogP contribution in [0.4, 0.5) is 24.5 Å². The van der Waals surface area contributed by atoms with Gasteiger partial charge in [0.25, 0.3) is 15.9 Å². The second-order valence-electron chi connectivity index (χ2n) is 5.15. The Hall–Kier alpha value is -2.75. The van der Waals surface area contributed by atoms with Gasteiger partial charge in [-0.1, -0.05) is 12.1 Å². The maximum Gasteiger partial charge on any atom is 0.417 e. The molecule has 0 atom stereocenters. The molecule has 2 N–H and O–H groups in total. The number of sulfonamides is 1. The van der Waals surface area contributed by atoms with Crippen LogP contribution in [0, 0.1) is 0 Å². The van der Waals surface area contributed by atoms with E-state index < -0.39 is 32.6 Å². The summed E-state index contributed by atoms with van der Waals surface area (Å²) in [4.78, 5) is 10.4. The second kappa shape index (κ2) is 5.96. The molecule has 1 heterocycles. The molecule has 0 radical (unpaired) electrons. The first-order valence-electron chi connectivity index (χ1n) is 6.92. The van der Waals surface area contributed by atoms with E-state index in [1.54, 1.807) is 0 Å². The quantitative estimate of drug-likeness (QED) is 0.868. The highest BCUT2D eigenvalue weighted by atomic mass is 32.2. The molecule has 0 aliphatic carbocycles. The lowest BCUT2D eigenvalue weighted by atomic mass is 10.2. The van der Waals surface area contributed by atoms with Crippen molar-refractivity contribution in [2.24, 2.45) is 0 Å². The smallest absolute Gasteiger partial charge is 0.417 e. The van der Waals surface area contributed by atoms with Gasteiger partial charge in [-0.15, -0.1) is 0 Å². The number of carbonyl (C=O) groups excluding carboxylic acids is 1. The highest BCUT2D eigenvalue weighted by Gasteiger charge is 2.37. The number of benzene rings is 2. The summed E-state index contributed by atoms with van der Waals surface area (Å²) < 4.78 is 71.0. The summed E-state index contributed by atoms with van der Waals surface area (Å²) in [6.07, 6.45) is -4.82. The Morgan fingerprint density at radius 3 is 2.56 bits per heavy atom. The summed E-state index contributed by atoms with van der Waals surface area (Å²) in [6, 6.07) is 7.86. The zero-order valence-corrected chi connectivity index (χ0v) is 13.2. The van der Waals surface area contributed by atoms with Crippen LogP contribution in [0.3, 0.4) is 0 Å². The number of rotatable bonds is 3. The van der Waals surface area contributed by atoms with Gasteiger partial charge in [0.2, 0.25) is 0 Å². The van der Waals surface area contributed by atoms with Crippen molar-refractivity contribution >= 4 is 27.3 Å². The van der Waals surface area contributed by atoms with Crippen molar-refractivity contribution in [3.05, 3.63) is 48.0 Å². The van der Waals surface area contributed by atoms with E-state index in [0.29, 0.717) is 11.8 Å². The van der Waals surface area contributed by atoms with Crippen LogP contribution in [0.25, 0.3) is 0 Å². The Morgan fingerprint density at radius 1 is 1.12 bits per heavy atom. The minimum Gasteiger partial charge on any atom is -0.482 e. The number of hydrogen-bond acceptors (Lipinski definition) is 4. The number of hydrogen-bond donors (Lipinski definition) is 2. The molecule has 0 bridgehead atoms. The van der Waals surface area contributed by atoms with E-state index in [9.17, 15) is 26.4 Å². The van der Waals surface area contributed by atoms with Crippen LogP contribution in [0.15, 0.2) is 47.4 Å². The van der Waals surface area contributed by atoms with Crippen LogP contribution in [0.2, 0.25) is 0 Å². The van der Waals surface area contributed by atoms with Crippen LogP contribution in [-0.2, 0) is 21.0 Å². The van der Waals surface area contributed by atoms with Gasteiger partial charge in [-0.05, 0) is 30.3 Å². The fourth-order valence-corrected chi connectivity index (χ4v) is 3.57. The molecule has 0 unspecified atom stereocenters. The monoisotopic (exact) mass is 372 g/mol. The first kappa shape index (κ1) is 17.1. The van der Waals surface area contributed by atoms with E-state index >= 15 is 0 Å². The number of anilines is 2. The third-order valence-electron chi connectivity index (χ3n) is 3.35. The average Bonchev–Trinajstić information content (AvgIpc) is 2.53. The Kier molecular flexibility index (Phi) is 4.07. The Labute approximate surface area is 140 Å². The molecule has 1 amide bonds. The first-order valence-corrected chi connectivity index (χ1v) is 8.41. The molecule has 0 saturated heterocycles. The molecule has 3 rings (SSSR count). The fourth-order valence-electron chi connectivity index (χ4n) is 2.29. The van der Waals surface area contributed by atoms with Crippen LogP contribution >= 0.6 is 0 Å². The lowest BCUT2D eigenvalue weighted by Gasteiger charge is -2.19. The molecule has 25 heavy (non-hydrogen) atoms. The topological polar surface area (TPSA) is 84.5 Å². The van der Waals surface area contributed by atoms with E-state index in [1.165, 1.54) is 24.3 Å². The minimum atomic E-state index is -4.82. The third kappa shape index (κ3) is 3.53. The molecule has 132 valence electrons. The summed E-state index contributed by atoms with van der Waals surface area (Å²) in [7, 11) is -4.49. The number of carbonyl (C=O) groups is 1. The molecule has 0 spiro atoms. The molecule has 0 fully saturated rings. The van der Waals surface area contributed by atoms with Gasteiger partial charge in [0.15, 0.2) is 6.61 Å². The van der Waals surface area contributed by atoms with Gasteiger partial charge in [0.1, 0.15) is 5.75 Å². The number of halogens is 3. The van der Waals surface area contributed by atoms with Crippen molar-refractivity contribution in [2.75, 3.05) is 16.6 Å². The van der Waals surface area contributed by atoms with Crippen molar-refractivity contribution < 1.29 is 31.1 Å². The predicted molar refractivity (Wildman–Crippen MR) is 82.8 cm³/mol. The fraction of sp³-hybridized carbons (Fsp3) is 0.133. The number of fused-ring (bicyclic) bond motifs is 1. The van der Waals surface area contributed by atoms with Gasteiger partial charge in [-0.25, -0.2) is 8.42 Å². The Morgan fingerprint density at radius 2 is 1.84 bits per heavy atom. The Bertz CT molecular complexity index is 942. The van der Waals surface area contributed by atoms with Gasteiger partial charge < -0.3 is 10.1 Å². The molecule has 1 aliphatic heterocycles. The number of alkyl halides is 3. The normalized spacial score (nSPS) is 14.3. The van der Waals surface area contributed by atoms with Crippen molar-refractivity contribution in [1.29, 1.82) is 0 Å². The van der Waals surface area contributed by atoms with E-state index in [2.05, 4.69) is 10.0 Å². The van der Waals surface area contributed by atoms with Crippen molar-refractivity contribution in [2.45, 2.75) is 11.1 Å². The number of ether oxygens (including phenoxy) is 1. The first-order chi connectivity index (χ1) is 11.7. The van der Waals surface area contributed by atoms with Crippen LogP contribution in [0.5, 0.6) is 5.75 Å². The number of nitrogens with one attached hydrogen (secondary N) is 2. The maximum atomic E-state index is 13.0. The summed E-state index contributed by atoms with van der Waals surface area (Å²) in [5, 5.41) is 2.48. The molecule has 2 aromatic carbocycles. The average molecular weight is 372 g/mol. The maximum absolute atomic E-state index is 13.0. The zero-order chi connectivity index (χ0) is 18.2. The van der Waals surface area contributed by atoms with Crippen LogP contribution < -0.4 is 14.8 Å². The van der Waals surface area contributed by atoms with Gasteiger partial charge in [-0.2, -0.15) is 13.2 Å². The lowest BCUT2D eigenvalue weighted by Crippen LogP contribution is -2.25. The Balaban J connectivity index is 1.96. The molecule has 0 aromatic heterocycles. The van der Waals surface area contributed by atoms with E-state index in [-0.39, 0.29) is 18.0 Å². The summed E-state index contributed by atoms with van der Waals surface area (Å²) in [5.41, 5.74) is -1.06. The highest BCUT2D eigenvalue weighted by Crippen LogP contribution is 2.35. The molecular formula is C15H11F3N2O4S. The third-order valence-corrected chi connectivity index (χ3v) is 4.79. The summed E-state index contributed by atoms with van der Waals surface area (Å²) >= 11 is 0. The molecule has 1 aliphatic rings. The SMILES string of the molecule is O=C1COc2ccc(NS(=O)(=O)c3ccccc3C(F)(F)F)cc2N1. The highest BCUT2D eigenvalue weighted by molar-refractivity contribution is 7.92. The van der Waals surface area contributed by atoms with E-state index in [0.717, 1.165) is 12.1 Å². The minimum absolute atomic E-state index is 0.0125. The van der Waals surface area contributed by atoms with Crippen molar-refractivity contribution in [1.82, 2.24) is 0 Å². The van der Waals surface area contributed by atoms with Gasteiger partial charge >= 0.3 is 6.18 Å². The molecule has 10 heteroatoms. The van der Waals surface area contributed by atoms with Crippen molar-refractivity contribution in [3.8, 4) is 5.75 Å². The predicted octanol–water partition coefficient (Wildman–Crippen LogP) is 2.84. The summed E-state index contributed by atoms with van der Waals surface area (Å²) in [5.74, 6) is -0.0897. The standard InChI is InChI=1S/C15H11F3N2O4S/c16-15(17,18)10-3-1-2-4-13(10)25(22,23)20-9-5-6-12-11(7-9)19-14(21)8-24-12/h1-7,20H,8H2,(H,19,21).